The molecule has 0 unspecified atom stereocenters. The molecule has 1 amide bonds. The van der Waals surface area contributed by atoms with Gasteiger partial charge in [0, 0.05) is 31.2 Å². The van der Waals surface area contributed by atoms with Crippen molar-refractivity contribution >= 4 is 17.3 Å². The van der Waals surface area contributed by atoms with Gasteiger partial charge in [-0.25, -0.2) is 4.98 Å². The summed E-state index contributed by atoms with van der Waals surface area (Å²) in [6.45, 7) is 4.61. The summed E-state index contributed by atoms with van der Waals surface area (Å²) < 4.78 is 10.4. The molecule has 1 aromatic rings. The molecule has 1 aliphatic rings. The number of anilines is 1. The number of carbonyl (C=O) groups is 1. The third-order valence-electron chi connectivity index (χ3n) is 4.48. The van der Waals surface area contributed by atoms with Gasteiger partial charge in [0.05, 0.1) is 11.5 Å². The predicted octanol–water partition coefficient (Wildman–Crippen LogP) is 2.51. The maximum atomic E-state index is 12.1. The monoisotopic (exact) mass is 380 g/mol. The van der Waals surface area contributed by atoms with Crippen LogP contribution in [0, 0.1) is 16.0 Å². The van der Waals surface area contributed by atoms with Gasteiger partial charge in [-0.2, -0.15) is 0 Å². The molecule has 0 aromatic carbocycles. The standard InChI is InChI=1S/C18H28N4O5/c1-12(2)20-18(23)13-4-6-14(7-5-13)21-15-10-17(27-9-8-26-3)19-11-16(15)22(24)25/h10-14H,4-9H2,1-3H3,(H,19,21)(H,20,23). The Morgan fingerprint density at radius 2 is 2.04 bits per heavy atom. The molecule has 150 valence electrons. The summed E-state index contributed by atoms with van der Waals surface area (Å²) in [5.41, 5.74) is 0.297. The van der Waals surface area contributed by atoms with Crippen molar-refractivity contribution in [2.75, 3.05) is 25.6 Å². The van der Waals surface area contributed by atoms with Crippen LogP contribution in [-0.4, -0.2) is 48.2 Å². The van der Waals surface area contributed by atoms with Crippen LogP contribution in [0.4, 0.5) is 11.4 Å². The van der Waals surface area contributed by atoms with Gasteiger partial charge in [0.25, 0.3) is 0 Å². The Hall–Kier alpha value is -2.42. The summed E-state index contributed by atoms with van der Waals surface area (Å²) in [7, 11) is 1.57. The highest BCUT2D eigenvalue weighted by molar-refractivity contribution is 5.79. The van der Waals surface area contributed by atoms with Crippen LogP contribution in [0.1, 0.15) is 39.5 Å². The molecular weight excluding hydrogens is 352 g/mol. The number of rotatable bonds is 9. The van der Waals surface area contributed by atoms with Crippen molar-refractivity contribution in [1.29, 1.82) is 0 Å². The molecule has 0 aliphatic heterocycles. The quantitative estimate of drug-likeness (QED) is 0.384. The molecule has 2 N–H and O–H groups in total. The van der Waals surface area contributed by atoms with E-state index < -0.39 is 4.92 Å². The van der Waals surface area contributed by atoms with Crippen LogP contribution in [0.2, 0.25) is 0 Å². The van der Waals surface area contributed by atoms with Crippen LogP contribution in [-0.2, 0) is 9.53 Å². The van der Waals surface area contributed by atoms with Crippen molar-refractivity contribution in [3.05, 3.63) is 22.4 Å². The highest BCUT2D eigenvalue weighted by Crippen LogP contribution is 2.32. The number of ether oxygens (including phenoxy) is 2. The SMILES string of the molecule is COCCOc1cc(NC2CCC(C(=O)NC(C)C)CC2)c([N+](=O)[O-])cn1. The fraction of sp³-hybridized carbons (Fsp3) is 0.667. The molecule has 9 heteroatoms. The van der Waals surface area contributed by atoms with Crippen molar-refractivity contribution in [2.24, 2.45) is 5.92 Å². The van der Waals surface area contributed by atoms with Crippen molar-refractivity contribution in [3.63, 3.8) is 0 Å². The molecule has 1 aromatic heterocycles. The Bertz CT molecular complexity index is 645. The zero-order valence-corrected chi connectivity index (χ0v) is 16.1. The second kappa shape index (κ2) is 10.1. The maximum absolute atomic E-state index is 12.1. The molecule has 27 heavy (non-hydrogen) atoms. The van der Waals surface area contributed by atoms with Crippen molar-refractivity contribution in [2.45, 2.75) is 51.6 Å². The van der Waals surface area contributed by atoms with Gasteiger partial charge in [-0.05, 0) is 39.5 Å². The van der Waals surface area contributed by atoms with E-state index >= 15 is 0 Å². The number of nitro groups is 1. The number of aromatic nitrogens is 1. The Balaban J connectivity index is 1.98. The number of hydrogen-bond acceptors (Lipinski definition) is 7. The van der Waals surface area contributed by atoms with Crippen LogP contribution in [0.3, 0.4) is 0 Å². The normalized spacial score (nSPS) is 19.6. The van der Waals surface area contributed by atoms with E-state index in [4.69, 9.17) is 9.47 Å². The Morgan fingerprint density at radius 3 is 2.63 bits per heavy atom. The average Bonchev–Trinajstić information content (AvgIpc) is 2.62. The van der Waals surface area contributed by atoms with E-state index in [0.717, 1.165) is 25.7 Å². The molecule has 2 rings (SSSR count). The van der Waals surface area contributed by atoms with E-state index in [9.17, 15) is 14.9 Å². The minimum atomic E-state index is -0.462. The van der Waals surface area contributed by atoms with E-state index in [1.54, 1.807) is 13.2 Å². The lowest BCUT2D eigenvalue weighted by molar-refractivity contribution is -0.384. The molecule has 0 radical (unpaired) electrons. The second-order valence-electron chi connectivity index (χ2n) is 6.99. The molecule has 1 aliphatic carbocycles. The number of nitrogens with one attached hydrogen (secondary N) is 2. The Labute approximate surface area is 159 Å². The number of carbonyl (C=O) groups excluding carboxylic acids is 1. The first-order valence-corrected chi connectivity index (χ1v) is 9.23. The number of hydrogen-bond donors (Lipinski definition) is 2. The third-order valence-corrected chi connectivity index (χ3v) is 4.48. The predicted molar refractivity (Wildman–Crippen MR) is 101 cm³/mol. The first-order chi connectivity index (χ1) is 12.9. The van der Waals surface area contributed by atoms with Gasteiger partial charge in [0.15, 0.2) is 0 Å². The van der Waals surface area contributed by atoms with Crippen molar-refractivity contribution < 1.29 is 19.2 Å². The van der Waals surface area contributed by atoms with Gasteiger partial charge in [-0.1, -0.05) is 0 Å². The summed E-state index contributed by atoms with van der Waals surface area (Å²) in [4.78, 5) is 26.9. The summed E-state index contributed by atoms with van der Waals surface area (Å²) in [5.74, 6) is 0.406. The van der Waals surface area contributed by atoms with Crippen LogP contribution >= 0.6 is 0 Å². The van der Waals surface area contributed by atoms with Gasteiger partial charge in [-0.3, -0.25) is 14.9 Å². The fourth-order valence-electron chi connectivity index (χ4n) is 3.12. The largest absolute Gasteiger partial charge is 0.475 e. The zero-order chi connectivity index (χ0) is 19.8. The van der Waals surface area contributed by atoms with Crippen LogP contribution in [0.25, 0.3) is 0 Å². The molecule has 9 nitrogen and oxygen atoms in total. The smallest absolute Gasteiger partial charge is 0.310 e. The maximum Gasteiger partial charge on any atom is 0.310 e. The molecule has 0 saturated heterocycles. The lowest BCUT2D eigenvalue weighted by Gasteiger charge is -2.29. The van der Waals surface area contributed by atoms with E-state index in [1.165, 1.54) is 6.20 Å². The van der Waals surface area contributed by atoms with Gasteiger partial charge in [0.1, 0.15) is 18.5 Å². The summed E-state index contributed by atoms with van der Waals surface area (Å²) in [6.07, 6.45) is 4.26. The molecule has 1 heterocycles. The van der Waals surface area contributed by atoms with E-state index in [2.05, 4.69) is 15.6 Å². The van der Waals surface area contributed by atoms with Crippen LogP contribution in [0.15, 0.2) is 12.3 Å². The van der Waals surface area contributed by atoms with Crippen molar-refractivity contribution in [1.82, 2.24) is 10.3 Å². The highest BCUT2D eigenvalue weighted by Gasteiger charge is 2.28. The number of nitrogens with zero attached hydrogens (tertiary/aromatic N) is 2. The zero-order valence-electron chi connectivity index (χ0n) is 16.1. The minimum absolute atomic E-state index is 0.00538. The molecule has 0 spiro atoms. The molecular formula is C18H28N4O5. The van der Waals surface area contributed by atoms with Gasteiger partial charge < -0.3 is 20.1 Å². The lowest BCUT2D eigenvalue weighted by Crippen LogP contribution is -2.38. The minimum Gasteiger partial charge on any atom is -0.475 e. The average molecular weight is 380 g/mol. The van der Waals surface area contributed by atoms with E-state index in [0.29, 0.717) is 24.8 Å². The Morgan fingerprint density at radius 1 is 1.33 bits per heavy atom. The Kier molecular flexibility index (Phi) is 7.78. The topological polar surface area (TPSA) is 116 Å². The van der Waals surface area contributed by atoms with E-state index in [1.807, 2.05) is 13.8 Å². The van der Waals surface area contributed by atoms with Gasteiger partial charge in [-0.15, -0.1) is 0 Å². The number of pyridine rings is 1. The number of amides is 1. The molecule has 1 saturated carbocycles. The van der Waals surface area contributed by atoms with Crippen LogP contribution < -0.4 is 15.4 Å². The molecule has 1 fully saturated rings. The highest BCUT2D eigenvalue weighted by atomic mass is 16.6. The number of methoxy groups -OCH3 is 1. The third kappa shape index (κ3) is 6.35. The molecule has 0 atom stereocenters. The summed E-state index contributed by atoms with van der Waals surface area (Å²) in [5, 5.41) is 17.5. The second-order valence-corrected chi connectivity index (χ2v) is 6.99. The summed E-state index contributed by atoms with van der Waals surface area (Å²) in [6, 6.07) is 1.75. The summed E-state index contributed by atoms with van der Waals surface area (Å²) >= 11 is 0. The fourth-order valence-corrected chi connectivity index (χ4v) is 3.12. The first kappa shape index (κ1) is 20.9. The first-order valence-electron chi connectivity index (χ1n) is 9.23. The van der Waals surface area contributed by atoms with E-state index in [-0.39, 0.29) is 29.6 Å². The van der Waals surface area contributed by atoms with Gasteiger partial charge in [0.2, 0.25) is 11.8 Å². The lowest BCUT2D eigenvalue weighted by atomic mass is 9.85. The molecule has 0 bridgehead atoms. The van der Waals surface area contributed by atoms with Crippen LogP contribution in [0.5, 0.6) is 5.88 Å². The van der Waals surface area contributed by atoms with Crippen molar-refractivity contribution in [3.8, 4) is 5.88 Å². The van der Waals surface area contributed by atoms with Gasteiger partial charge >= 0.3 is 5.69 Å².